The number of nitrogens with one attached hydrogen (secondary N) is 2. The topological polar surface area (TPSA) is 92.9 Å². The van der Waals surface area contributed by atoms with Crippen LogP contribution in [-0.4, -0.2) is 29.0 Å². The Balaban J connectivity index is 2.43. The van der Waals surface area contributed by atoms with Crippen molar-refractivity contribution in [1.29, 1.82) is 0 Å². The standard InChI is InChI=1S/C10H17N5O/c1-2-4-13-9-6-12-7-10(15-9)14-5-3-8(11)16/h6-7H,2-5H2,1H3,(H2,11,16)(H2,13,14,15). The zero-order chi connectivity index (χ0) is 11.8. The van der Waals surface area contributed by atoms with Crippen LogP contribution in [0.3, 0.4) is 0 Å². The van der Waals surface area contributed by atoms with E-state index in [0.29, 0.717) is 12.4 Å². The fourth-order valence-corrected chi connectivity index (χ4v) is 1.10. The highest BCUT2D eigenvalue weighted by atomic mass is 16.1. The summed E-state index contributed by atoms with van der Waals surface area (Å²) in [4.78, 5) is 18.8. The van der Waals surface area contributed by atoms with E-state index in [1.807, 2.05) is 0 Å². The van der Waals surface area contributed by atoms with Gasteiger partial charge in [0.15, 0.2) is 0 Å². The highest BCUT2D eigenvalue weighted by molar-refractivity contribution is 5.74. The van der Waals surface area contributed by atoms with Crippen LogP contribution in [0.2, 0.25) is 0 Å². The molecule has 1 aromatic heterocycles. The molecule has 0 saturated carbocycles. The summed E-state index contributed by atoms with van der Waals surface area (Å²) in [6, 6.07) is 0. The number of rotatable bonds is 7. The summed E-state index contributed by atoms with van der Waals surface area (Å²) in [6.45, 7) is 3.41. The lowest BCUT2D eigenvalue weighted by molar-refractivity contribution is -0.117. The Morgan fingerprint density at radius 2 is 1.94 bits per heavy atom. The first-order chi connectivity index (χ1) is 7.72. The summed E-state index contributed by atoms with van der Waals surface area (Å²) < 4.78 is 0. The largest absolute Gasteiger partial charge is 0.370 e. The molecule has 1 heterocycles. The molecular formula is C10H17N5O. The Kier molecular flexibility index (Phi) is 5.04. The molecule has 16 heavy (non-hydrogen) atoms. The van der Waals surface area contributed by atoms with Crippen molar-refractivity contribution in [3.63, 3.8) is 0 Å². The van der Waals surface area contributed by atoms with Crippen molar-refractivity contribution in [2.24, 2.45) is 5.73 Å². The first-order valence-corrected chi connectivity index (χ1v) is 5.30. The van der Waals surface area contributed by atoms with Crippen molar-refractivity contribution >= 4 is 17.5 Å². The number of nitrogens with two attached hydrogens (primary N) is 1. The monoisotopic (exact) mass is 223 g/mol. The van der Waals surface area contributed by atoms with Gasteiger partial charge in [0.2, 0.25) is 5.91 Å². The van der Waals surface area contributed by atoms with Crippen molar-refractivity contribution in [3.8, 4) is 0 Å². The molecule has 0 saturated heterocycles. The molecule has 6 heteroatoms. The Morgan fingerprint density at radius 3 is 2.50 bits per heavy atom. The molecule has 0 aliphatic carbocycles. The van der Waals surface area contributed by atoms with E-state index in [1.54, 1.807) is 12.4 Å². The molecule has 0 unspecified atom stereocenters. The minimum atomic E-state index is -0.333. The van der Waals surface area contributed by atoms with E-state index in [9.17, 15) is 4.79 Å². The lowest BCUT2D eigenvalue weighted by atomic mass is 10.4. The molecule has 0 bridgehead atoms. The summed E-state index contributed by atoms with van der Waals surface area (Å²) in [5, 5.41) is 6.11. The molecule has 0 aromatic carbocycles. The third-order valence-electron chi connectivity index (χ3n) is 1.87. The zero-order valence-corrected chi connectivity index (χ0v) is 9.36. The molecule has 0 spiro atoms. The third-order valence-corrected chi connectivity index (χ3v) is 1.87. The predicted octanol–water partition coefficient (Wildman–Crippen LogP) is 0.586. The Labute approximate surface area is 94.7 Å². The van der Waals surface area contributed by atoms with E-state index in [4.69, 9.17) is 5.73 Å². The van der Waals surface area contributed by atoms with E-state index >= 15 is 0 Å². The summed E-state index contributed by atoms with van der Waals surface area (Å²) in [5.74, 6) is 1.04. The van der Waals surface area contributed by atoms with E-state index < -0.39 is 0 Å². The summed E-state index contributed by atoms with van der Waals surface area (Å²) in [7, 11) is 0. The molecule has 4 N–H and O–H groups in total. The predicted molar refractivity (Wildman–Crippen MR) is 63.1 cm³/mol. The molecule has 0 atom stereocenters. The molecule has 0 aliphatic heterocycles. The maximum Gasteiger partial charge on any atom is 0.219 e. The summed E-state index contributed by atoms with van der Waals surface area (Å²) in [5.41, 5.74) is 5.02. The maximum atomic E-state index is 10.5. The maximum absolute atomic E-state index is 10.5. The molecule has 0 aliphatic rings. The average Bonchev–Trinajstić information content (AvgIpc) is 2.26. The highest BCUT2D eigenvalue weighted by Crippen LogP contribution is 2.06. The number of hydrogen-bond acceptors (Lipinski definition) is 5. The molecular weight excluding hydrogens is 206 g/mol. The minimum Gasteiger partial charge on any atom is -0.370 e. The SMILES string of the molecule is CCCNc1cncc(NCCC(N)=O)n1. The first-order valence-electron chi connectivity index (χ1n) is 5.30. The third kappa shape index (κ3) is 4.59. The van der Waals surface area contributed by atoms with Crippen LogP contribution >= 0.6 is 0 Å². The van der Waals surface area contributed by atoms with Gasteiger partial charge < -0.3 is 16.4 Å². The van der Waals surface area contributed by atoms with Crippen LogP contribution in [0.1, 0.15) is 19.8 Å². The van der Waals surface area contributed by atoms with E-state index in [1.165, 1.54) is 0 Å². The number of anilines is 2. The molecule has 88 valence electrons. The van der Waals surface area contributed by atoms with Gasteiger partial charge in [-0.05, 0) is 6.42 Å². The van der Waals surface area contributed by atoms with Gasteiger partial charge in [-0.2, -0.15) is 0 Å². The number of carbonyl (C=O) groups is 1. The normalized spacial score (nSPS) is 9.81. The number of aromatic nitrogens is 2. The number of primary amides is 1. The molecule has 1 rings (SSSR count). The van der Waals surface area contributed by atoms with E-state index in [0.717, 1.165) is 18.8 Å². The van der Waals surface area contributed by atoms with Crippen molar-refractivity contribution in [1.82, 2.24) is 9.97 Å². The van der Waals surface area contributed by atoms with Gasteiger partial charge in [0, 0.05) is 19.5 Å². The van der Waals surface area contributed by atoms with Gasteiger partial charge in [0.05, 0.1) is 12.4 Å². The fraction of sp³-hybridized carbons (Fsp3) is 0.500. The van der Waals surface area contributed by atoms with Gasteiger partial charge in [-0.3, -0.25) is 9.78 Å². The zero-order valence-electron chi connectivity index (χ0n) is 9.36. The average molecular weight is 223 g/mol. The van der Waals surface area contributed by atoms with Crippen LogP contribution in [0.25, 0.3) is 0 Å². The lowest BCUT2D eigenvalue weighted by Crippen LogP contribution is -2.16. The second-order valence-corrected chi connectivity index (χ2v) is 3.36. The fourth-order valence-electron chi connectivity index (χ4n) is 1.10. The van der Waals surface area contributed by atoms with Crippen LogP contribution in [0.15, 0.2) is 12.4 Å². The Bertz CT molecular complexity index is 342. The van der Waals surface area contributed by atoms with Crippen LogP contribution in [0, 0.1) is 0 Å². The Hall–Kier alpha value is -1.85. The van der Waals surface area contributed by atoms with Crippen LogP contribution in [0.5, 0.6) is 0 Å². The van der Waals surface area contributed by atoms with Crippen LogP contribution < -0.4 is 16.4 Å². The molecule has 6 nitrogen and oxygen atoms in total. The van der Waals surface area contributed by atoms with Crippen molar-refractivity contribution in [2.75, 3.05) is 23.7 Å². The summed E-state index contributed by atoms with van der Waals surface area (Å²) >= 11 is 0. The minimum absolute atomic E-state index is 0.286. The Morgan fingerprint density at radius 1 is 1.31 bits per heavy atom. The summed E-state index contributed by atoms with van der Waals surface area (Å²) in [6.07, 6.45) is 4.59. The van der Waals surface area contributed by atoms with Crippen molar-refractivity contribution in [2.45, 2.75) is 19.8 Å². The molecule has 0 radical (unpaired) electrons. The smallest absolute Gasteiger partial charge is 0.219 e. The van der Waals surface area contributed by atoms with Gasteiger partial charge in [-0.1, -0.05) is 6.92 Å². The van der Waals surface area contributed by atoms with Gasteiger partial charge in [0.25, 0.3) is 0 Å². The van der Waals surface area contributed by atoms with Gasteiger partial charge >= 0.3 is 0 Å². The quantitative estimate of drug-likeness (QED) is 0.629. The van der Waals surface area contributed by atoms with E-state index in [-0.39, 0.29) is 12.3 Å². The van der Waals surface area contributed by atoms with Crippen molar-refractivity contribution < 1.29 is 4.79 Å². The van der Waals surface area contributed by atoms with Crippen molar-refractivity contribution in [3.05, 3.63) is 12.4 Å². The molecule has 1 aromatic rings. The van der Waals surface area contributed by atoms with E-state index in [2.05, 4.69) is 27.5 Å². The second-order valence-electron chi connectivity index (χ2n) is 3.36. The first kappa shape index (κ1) is 12.2. The molecule has 0 fully saturated rings. The second kappa shape index (κ2) is 6.60. The number of amides is 1. The van der Waals surface area contributed by atoms with Gasteiger partial charge in [0.1, 0.15) is 11.6 Å². The van der Waals surface area contributed by atoms with Crippen LogP contribution in [0.4, 0.5) is 11.6 Å². The van der Waals surface area contributed by atoms with Gasteiger partial charge in [-0.15, -0.1) is 0 Å². The van der Waals surface area contributed by atoms with Gasteiger partial charge in [-0.25, -0.2) is 4.98 Å². The highest BCUT2D eigenvalue weighted by Gasteiger charge is 1.98. The number of hydrogen-bond donors (Lipinski definition) is 3. The number of carbonyl (C=O) groups excluding carboxylic acids is 1. The lowest BCUT2D eigenvalue weighted by Gasteiger charge is -2.06. The van der Waals surface area contributed by atoms with Crippen LogP contribution in [-0.2, 0) is 4.79 Å². The number of nitrogens with zero attached hydrogens (tertiary/aromatic N) is 2. The molecule has 1 amide bonds.